The Hall–Kier alpha value is -0.150. The molecule has 7 heteroatoms. The Morgan fingerprint density at radius 3 is 1.09 bits per heavy atom. The molecule has 0 aliphatic heterocycles. The minimum atomic E-state index is -1.52. The first kappa shape index (κ1) is 18.2. The molecule has 0 heterocycles. The zero-order chi connectivity index (χ0) is 16.5. The van der Waals surface area contributed by atoms with Crippen molar-refractivity contribution in [1.29, 1.82) is 0 Å². The smallest absolute Gasteiger partial charge is 0.216 e. The summed E-state index contributed by atoms with van der Waals surface area (Å²) in [7, 11) is 0. The lowest BCUT2D eigenvalue weighted by atomic mass is 10.0. The summed E-state index contributed by atoms with van der Waals surface area (Å²) in [5.41, 5.74) is 1.92. The van der Waals surface area contributed by atoms with Crippen molar-refractivity contribution in [3.63, 3.8) is 0 Å². The summed E-state index contributed by atoms with van der Waals surface area (Å²) in [5, 5.41) is 0. The van der Waals surface area contributed by atoms with E-state index in [-0.39, 0.29) is 5.78 Å². The minimum absolute atomic E-state index is 0.174. The van der Waals surface area contributed by atoms with E-state index in [1.165, 1.54) is 0 Å². The van der Waals surface area contributed by atoms with E-state index in [2.05, 4.69) is 0 Å². The number of hydrogen-bond donors (Lipinski definition) is 0. The van der Waals surface area contributed by atoms with Crippen LogP contribution >= 0.6 is 69.6 Å². The van der Waals surface area contributed by atoms with E-state index < -0.39 is 7.59 Å². The molecular weight excluding hydrogens is 409 g/mol. The molecule has 0 unspecified atom stereocenters. The molecule has 0 saturated carbocycles. The second-order valence-electron chi connectivity index (χ2n) is 4.48. The average molecular weight is 417 g/mol. The van der Waals surface area contributed by atoms with Crippen LogP contribution in [-0.2, 0) is 7.59 Å². The van der Waals surface area contributed by atoms with Gasteiger partial charge in [-0.15, -0.1) is 0 Å². The van der Waals surface area contributed by atoms with Crippen LogP contribution in [0, 0.1) is 0 Å². The van der Waals surface area contributed by atoms with Crippen molar-refractivity contribution in [3.8, 4) is 0 Å². The average Bonchev–Trinajstić information content (AvgIpc) is 2.45. The summed E-state index contributed by atoms with van der Waals surface area (Å²) in [6.45, 7) is 0. The lowest BCUT2D eigenvalue weighted by molar-refractivity contribution is 0.103. The number of alkyl halides is 6. The van der Waals surface area contributed by atoms with Gasteiger partial charge in [0.2, 0.25) is 7.59 Å². The highest BCUT2D eigenvalue weighted by atomic mass is 35.6. The van der Waals surface area contributed by atoms with Crippen LogP contribution in [0.3, 0.4) is 0 Å². The van der Waals surface area contributed by atoms with Crippen LogP contribution in [0.5, 0.6) is 0 Å². The summed E-state index contributed by atoms with van der Waals surface area (Å²) in [6, 6.07) is 12.8. The number of carbonyl (C=O) groups is 1. The normalized spacial score (nSPS) is 12.3. The standard InChI is InChI=1S/C15H8Cl6O/c16-14(17,18)11-5-1-9(2-6-11)13(22)10-3-7-12(8-4-10)15(19,20)21/h1-8H. The molecule has 0 radical (unpaired) electrons. The largest absolute Gasteiger partial charge is 0.289 e. The maximum absolute atomic E-state index is 12.4. The number of benzene rings is 2. The number of rotatable bonds is 2. The molecule has 0 atom stereocenters. The van der Waals surface area contributed by atoms with Crippen LogP contribution < -0.4 is 0 Å². The van der Waals surface area contributed by atoms with Gasteiger partial charge in [-0.3, -0.25) is 4.79 Å². The van der Waals surface area contributed by atoms with E-state index in [4.69, 9.17) is 69.6 Å². The number of ketones is 1. The van der Waals surface area contributed by atoms with E-state index in [9.17, 15) is 4.79 Å². The van der Waals surface area contributed by atoms with Gasteiger partial charge in [-0.05, 0) is 0 Å². The van der Waals surface area contributed by atoms with E-state index in [1.807, 2.05) is 0 Å². The molecular formula is C15H8Cl6O. The van der Waals surface area contributed by atoms with Gasteiger partial charge in [0.05, 0.1) is 0 Å². The monoisotopic (exact) mass is 414 g/mol. The fourth-order valence-electron chi connectivity index (χ4n) is 1.79. The Kier molecular flexibility index (Phi) is 5.59. The predicted octanol–water partition coefficient (Wildman–Crippen LogP) is 6.57. The summed E-state index contributed by atoms with van der Waals surface area (Å²) < 4.78 is -3.04. The Balaban J connectivity index is 2.25. The van der Waals surface area contributed by atoms with E-state index in [0.29, 0.717) is 22.3 Å². The van der Waals surface area contributed by atoms with Gasteiger partial charge >= 0.3 is 0 Å². The van der Waals surface area contributed by atoms with Crippen LogP contribution in [0.25, 0.3) is 0 Å². The van der Waals surface area contributed by atoms with Crippen molar-refractivity contribution >= 4 is 75.4 Å². The van der Waals surface area contributed by atoms with Gasteiger partial charge < -0.3 is 0 Å². The van der Waals surface area contributed by atoms with E-state index >= 15 is 0 Å². The molecule has 0 bridgehead atoms. The first-order valence-corrected chi connectivity index (χ1v) is 8.25. The zero-order valence-corrected chi connectivity index (χ0v) is 15.3. The third kappa shape index (κ3) is 4.44. The van der Waals surface area contributed by atoms with Gasteiger partial charge in [0, 0.05) is 22.3 Å². The van der Waals surface area contributed by atoms with Gasteiger partial charge in [0.25, 0.3) is 0 Å². The SMILES string of the molecule is O=C(c1ccc(C(Cl)(Cl)Cl)cc1)c1ccc(C(Cl)(Cl)Cl)cc1. The van der Waals surface area contributed by atoms with Crippen molar-refractivity contribution < 1.29 is 4.79 Å². The number of hydrogen-bond acceptors (Lipinski definition) is 1. The third-order valence-corrected chi connectivity index (χ3v) is 4.26. The molecule has 0 N–H and O–H groups in total. The number of carbonyl (C=O) groups excluding carboxylic acids is 1. The molecule has 0 saturated heterocycles. The topological polar surface area (TPSA) is 17.1 Å². The second-order valence-corrected chi connectivity index (χ2v) is 9.04. The molecule has 0 spiro atoms. The van der Waals surface area contributed by atoms with Gasteiger partial charge in [-0.2, -0.15) is 0 Å². The molecule has 116 valence electrons. The first-order valence-electron chi connectivity index (χ1n) is 5.98. The summed E-state index contributed by atoms with van der Waals surface area (Å²) in [4.78, 5) is 12.4. The molecule has 2 rings (SSSR count). The maximum atomic E-state index is 12.4. The Morgan fingerprint density at radius 2 is 0.864 bits per heavy atom. The number of halogens is 6. The van der Waals surface area contributed by atoms with Gasteiger partial charge in [0.15, 0.2) is 5.78 Å². The summed E-state index contributed by atoms with van der Waals surface area (Å²) in [6.07, 6.45) is 0. The second kappa shape index (κ2) is 6.76. The molecule has 0 amide bonds. The highest BCUT2D eigenvalue weighted by Crippen LogP contribution is 2.39. The molecule has 0 aliphatic carbocycles. The third-order valence-electron chi connectivity index (χ3n) is 2.95. The molecule has 0 fully saturated rings. The van der Waals surface area contributed by atoms with Crippen LogP contribution in [0.1, 0.15) is 27.0 Å². The fraction of sp³-hybridized carbons (Fsp3) is 0.133. The van der Waals surface area contributed by atoms with Crippen molar-refractivity contribution in [3.05, 3.63) is 70.8 Å². The van der Waals surface area contributed by atoms with E-state index in [0.717, 1.165) is 0 Å². The highest BCUT2D eigenvalue weighted by molar-refractivity contribution is 6.67. The zero-order valence-electron chi connectivity index (χ0n) is 10.8. The van der Waals surface area contributed by atoms with Crippen LogP contribution in [-0.4, -0.2) is 5.78 Å². The van der Waals surface area contributed by atoms with Crippen LogP contribution in [0.4, 0.5) is 0 Å². The predicted molar refractivity (Wildman–Crippen MR) is 94.8 cm³/mol. The van der Waals surface area contributed by atoms with Gasteiger partial charge in [0.1, 0.15) is 0 Å². The maximum Gasteiger partial charge on any atom is 0.216 e. The first-order chi connectivity index (χ1) is 10.1. The van der Waals surface area contributed by atoms with E-state index in [1.54, 1.807) is 48.5 Å². The Bertz CT molecular complexity index is 606. The van der Waals surface area contributed by atoms with Gasteiger partial charge in [-0.1, -0.05) is 118 Å². The van der Waals surface area contributed by atoms with Crippen molar-refractivity contribution in [1.82, 2.24) is 0 Å². The van der Waals surface area contributed by atoms with Crippen molar-refractivity contribution in [2.45, 2.75) is 7.59 Å². The summed E-state index contributed by atoms with van der Waals surface area (Å²) in [5.74, 6) is -0.174. The Labute approximate surface area is 158 Å². The lowest BCUT2D eigenvalue weighted by Gasteiger charge is -2.12. The fourth-order valence-corrected chi connectivity index (χ4v) is 2.54. The van der Waals surface area contributed by atoms with Crippen molar-refractivity contribution in [2.75, 3.05) is 0 Å². The van der Waals surface area contributed by atoms with Crippen LogP contribution in [0.2, 0.25) is 0 Å². The molecule has 2 aromatic rings. The van der Waals surface area contributed by atoms with Crippen LogP contribution in [0.15, 0.2) is 48.5 Å². The quantitative estimate of drug-likeness (QED) is 0.399. The van der Waals surface area contributed by atoms with Gasteiger partial charge in [-0.25, -0.2) is 0 Å². The molecule has 0 aliphatic rings. The minimum Gasteiger partial charge on any atom is -0.289 e. The molecule has 1 nitrogen and oxygen atoms in total. The highest BCUT2D eigenvalue weighted by Gasteiger charge is 2.24. The van der Waals surface area contributed by atoms with Crippen molar-refractivity contribution in [2.24, 2.45) is 0 Å². The summed E-state index contributed by atoms with van der Waals surface area (Å²) >= 11 is 34.7. The molecule has 22 heavy (non-hydrogen) atoms. The Morgan fingerprint density at radius 1 is 0.591 bits per heavy atom. The molecule has 2 aromatic carbocycles. The molecule has 0 aromatic heterocycles. The lowest BCUT2D eigenvalue weighted by Crippen LogP contribution is -2.05.